The summed E-state index contributed by atoms with van der Waals surface area (Å²) >= 11 is 1.70. The maximum absolute atomic E-state index is 13.7. The molecule has 0 unspecified atom stereocenters. The quantitative estimate of drug-likeness (QED) is 0.435. The summed E-state index contributed by atoms with van der Waals surface area (Å²) in [6, 6.07) is 13.0. The Morgan fingerprint density at radius 2 is 1.92 bits per heavy atom. The van der Waals surface area contributed by atoms with Gasteiger partial charge in [0.15, 0.2) is 0 Å². The van der Waals surface area contributed by atoms with E-state index in [1.807, 2.05) is 13.2 Å². The number of hydrogen-bond donors (Lipinski definition) is 0. The lowest BCUT2D eigenvalue weighted by Gasteiger charge is -2.05. The topological polar surface area (TPSA) is 29.4 Å². The molecule has 0 fully saturated rings. The van der Waals surface area contributed by atoms with Gasteiger partial charge in [-0.05, 0) is 76.9 Å². The zero-order valence-corrected chi connectivity index (χ0v) is 14.3. The lowest BCUT2D eigenvalue weighted by atomic mass is 10.0. The minimum absolute atomic E-state index is 0.217. The lowest BCUT2D eigenvalue weighted by Crippen LogP contribution is -1.89. The molecule has 0 amide bonds. The first-order chi connectivity index (χ1) is 11.6. The fraction of sp³-hybridized carbons (Fsp3) is 0.150. The van der Waals surface area contributed by atoms with Crippen molar-refractivity contribution in [3.05, 3.63) is 70.5 Å². The fourth-order valence-electron chi connectivity index (χ4n) is 2.94. The number of carbonyl (C=O) groups excluding carboxylic acids is 1. The van der Waals surface area contributed by atoms with Crippen molar-refractivity contribution in [1.82, 2.24) is 0 Å². The van der Waals surface area contributed by atoms with Gasteiger partial charge >= 0.3 is 0 Å². The summed E-state index contributed by atoms with van der Waals surface area (Å²) in [5.41, 5.74) is 5.79. The largest absolute Gasteiger partial charge is 0.235 e. The van der Waals surface area contributed by atoms with E-state index in [-0.39, 0.29) is 12.4 Å². The Morgan fingerprint density at radius 1 is 1.17 bits per heavy atom. The molecule has 2 aromatic rings. The molecule has 0 atom stereocenters. The molecule has 1 aliphatic rings. The molecule has 0 N–H and O–H groups in total. The van der Waals surface area contributed by atoms with Crippen LogP contribution in [0.5, 0.6) is 0 Å². The van der Waals surface area contributed by atoms with E-state index in [0.717, 1.165) is 33.4 Å². The number of isocyanates is 1. The smallest absolute Gasteiger partial charge is 0.211 e. The summed E-state index contributed by atoms with van der Waals surface area (Å²) in [7, 11) is 0. The van der Waals surface area contributed by atoms with Gasteiger partial charge in [-0.1, -0.05) is 18.2 Å². The van der Waals surface area contributed by atoms with E-state index in [0.29, 0.717) is 0 Å². The minimum atomic E-state index is -0.292. The molecule has 4 heteroatoms. The number of benzene rings is 2. The van der Waals surface area contributed by atoms with Gasteiger partial charge in [0.2, 0.25) is 6.08 Å². The SMILES string of the molecule is CSc1ccc(/C=C2/C(C)=C(CN=C=O)c3cc(F)ccc32)cc1. The number of allylic oxidation sites excluding steroid dienone is 2. The Kier molecular flexibility index (Phi) is 4.79. The maximum Gasteiger partial charge on any atom is 0.235 e. The number of halogens is 1. The highest BCUT2D eigenvalue weighted by Gasteiger charge is 2.23. The van der Waals surface area contributed by atoms with Crippen LogP contribution in [-0.4, -0.2) is 18.9 Å². The van der Waals surface area contributed by atoms with Crippen LogP contribution in [0.1, 0.15) is 23.6 Å². The second-order valence-corrected chi connectivity index (χ2v) is 6.41. The van der Waals surface area contributed by atoms with Crippen LogP contribution in [0.3, 0.4) is 0 Å². The van der Waals surface area contributed by atoms with Crippen LogP contribution < -0.4 is 0 Å². The highest BCUT2D eigenvalue weighted by atomic mass is 32.2. The van der Waals surface area contributed by atoms with E-state index in [1.165, 1.54) is 17.0 Å². The molecule has 2 aromatic carbocycles. The third-order valence-corrected chi connectivity index (χ3v) is 4.93. The van der Waals surface area contributed by atoms with E-state index in [1.54, 1.807) is 23.9 Å². The molecule has 0 saturated carbocycles. The summed E-state index contributed by atoms with van der Waals surface area (Å²) in [6.45, 7) is 2.20. The van der Waals surface area contributed by atoms with Crippen molar-refractivity contribution in [1.29, 1.82) is 0 Å². The lowest BCUT2D eigenvalue weighted by molar-refractivity contribution is 0.564. The first-order valence-corrected chi connectivity index (χ1v) is 8.76. The fourth-order valence-corrected chi connectivity index (χ4v) is 3.34. The van der Waals surface area contributed by atoms with E-state index in [2.05, 4.69) is 35.3 Å². The molecule has 1 aliphatic carbocycles. The first-order valence-electron chi connectivity index (χ1n) is 7.54. The average Bonchev–Trinajstić information content (AvgIpc) is 2.85. The van der Waals surface area contributed by atoms with Crippen molar-refractivity contribution in [2.45, 2.75) is 11.8 Å². The number of fused-ring (bicyclic) bond motifs is 1. The van der Waals surface area contributed by atoms with Crippen molar-refractivity contribution in [3.8, 4) is 0 Å². The number of thioether (sulfide) groups is 1. The normalized spacial score (nSPS) is 14.7. The van der Waals surface area contributed by atoms with Crippen LogP contribution in [0.15, 0.2) is 57.9 Å². The van der Waals surface area contributed by atoms with Crippen molar-refractivity contribution in [2.75, 3.05) is 12.8 Å². The second kappa shape index (κ2) is 7.00. The van der Waals surface area contributed by atoms with Gasteiger partial charge in [0.05, 0.1) is 6.54 Å². The maximum atomic E-state index is 13.7. The molecule has 0 radical (unpaired) electrons. The molecule has 0 spiro atoms. The summed E-state index contributed by atoms with van der Waals surface area (Å²) < 4.78 is 13.7. The summed E-state index contributed by atoms with van der Waals surface area (Å²) in [4.78, 5) is 15.4. The first kappa shape index (κ1) is 16.4. The van der Waals surface area contributed by atoms with Gasteiger partial charge < -0.3 is 0 Å². The third kappa shape index (κ3) is 3.12. The van der Waals surface area contributed by atoms with Gasteiger partial charge in [0, 0.05) is 4.90 Å². The minimum Gasteiger partial charge on any atom is -0.211 e. The van der Waals surface area contributed by atoms with E-state index in [9.17, 15) is 9.18 Å². The highest BCUT2D eigenvalue weighted by Crippen LogP contribution is 2.42. The molecule has 0 heterocycles. The molecule has 3 rings (SSSR count). The van der Waals surface area contributed by atoms with Crippen LogP contribution in [0.25, 0.3) is 17.2 Å². The Morgan fingerprint density at radius 3 is 2.58 bits per heavy atom. The molecular formula is C20H16FNOS. The van der Waals surface area contributed by atoms with Crippen LogP contribution >= 0.6 is 11.8 Å². The Bertz CT molecular complexity index is 890. The van der Waals surface area contributed by atoms with Gasteiger partial charge in [0.1, 0.15) is 5.82 Å². The number of aliphatic imine (C=N–C) groups is 1. The van der Waals surface area contributed by atoms with Gasteiger partial charge in [-0.15, -0.1) is 11.8 Å². The zero-order chi connectivity index (χ0) is 17.1. The molecule has 2 nitrogen and oxygen atoms in total. The van der Waals surface area contributed by atoms with E-state index < -0.39 is 0 Å². The van der Waals surface area contributed by atoms with E-state index >= 15 is 0 Å². The van der Waals surface area contributed by atoms with Crippen LogP contribution in [0.4, 0.5) is 4.39 Å². The van der Waals surface area contributed by atoms with Gasteiger partial charge in [-0.2, -0.15) is 0 Å². The summed E-state index contributed by atoms with van der Waals surface area (Å²) in [5, 5.41) is 0. The van der Waals surface area contributed by atoms with Crippen molar-refractivity contribution in [2.24, 2.45) is 4.99 Å². The molecule has 120 valence electrons. The van der Waals surface area contributed by atoms with Crippen molar-refractivity contribution >= 4 is 35.1 Å². The predicted molar refractivity (Wildman–Crippen MR) is 98.1 cm³/mol. The monoisotopic (exact) mass is 337 g/mol. The molecule has 24 heavy (non-hydrogen) atoms. The Hall–Kier alpha value is -2.42. The van der Waals surface area contributed by atoms with Crippen LogP contribution in [-0.2, 0) is 4.79 Å². The second-order valence-electron chi connectivity index (χ2n) is 5.53. The predicted octanol–water partition coefficient (Wildman–Crippen LogP) is 5.21. The van der Waals surface area contributed by atoms with E-state index in [4.69, 9.17) is 0 Å². The van der Waals surface area contributed by atoms with Gasteiger partial charge in [-0.25, -0.2) is 14.2 Å². The average molecular weight is 337 g/mol. The third-order valence-electron chi connectivity index (χ3n) is 4.18. The van der Waals surface area contributed by atoms with Crippen LogP contribution in [0.2, 0.25) is 0 Å². The van der Waals surface area contributed by atoms with Crippen molar-refractivity contribution in [3.63, 3.8) is 0 Å². The molecule has 0 aromatic heterocycles. The molecular weight excluding hydrogens is 321 g/mol. The summed E-state index contributed by atoms with van der Waals surface area (Å²) in [5.74, 6) is -0.292. The van der Waals surface area contributed by atoms with Crippen LogP contribution in [0, 0.1) is 5.82 Å². The van der Waals surface area contributed by atoms with Gasteiger partial charge in [0.25, 0.3) is 0 Å². The molecule has 0 bridgehead atoms. The number of rotatable bonds is 4. The summed E-state index contributed by atoms with van der Waals surface area (Å²) in [6.07, 6.45) is 5.70. The standard InChI is InChI=1S/C20H16FNOS/c1-13-18(9-14-3-6-16(24-2)7-4-14)17-8-5-15(21)10-19(17)20(13)11-22-12-23/h3-10H,11H2,1-2H3/b18-9-. The molecule has 0 saturated heterocycles. The highest BCUT2D eigenvalue weighted by molar-refractivity contribution is 7.98. The van der Waals surface area contributed by atoms with Crippen molar-refractivity contribution < 1.29 is 9.18 Å². The van der Waals surface area contributed by atoms with Gasteiger partial charge in [-0.3, -0.25) is 0 Å². The number of hydrogen-bond acceptors (Lipinski definition) is 3. The molecule has 0 aliphatic heterocycles. The zero-order valence-electron chi connectivity index (χ0n) is 13.5. The Balaban J connectivity index is 2.11. The number of nitrogens with zero attached hydrogens (tertiary/aromatic N) is 1. The Labute approximate surface area is 144 Å².